The van der Waals surface area contributed by atoms with Crippen LogP contribution in [0.2, 0.25) is 0 Å². The summed E-state index contributed by atoms with van der Waals surface area (Å²) in [5.41, 5.74) is 7.00. The van der Waals surface area contributed by atoms with Crippen LogP contribution in [0.25, 0.3) is 11.1 Å². The molecule has 1 atom stereocenters. The van der Waals surface area contributed by atoms with Crippen molar-refractivity contribution >= 4 is 0 Å². The molecule has 2 heterocycles. The van der Waals surface area contributed by atoms with Crippen molar-refractivity contribution in [1.29, 1.82) is 0 Å². The molecule has 24 heavy (non-hydrogen) atoms. The van der Waals surface area contributed by atoms with Gasteiger partial charge < -0.3 is 4.90 Å². The first-order valence-electron chi connectivity index (χ1n) is 9.19. The van der Waals surface area contributed by atoms with Gasteiger partial charge in [-0.25, -0.2) is 0 Å². The molecule has 1 aliphatic carbocycles. The van der Waals surface area contributed by atoms with Crippen LogP contribution < -0.4 is 0 Å². The number of nitrogens with zero attached hydrogens (tertiary/aromatic N) is 3. The number of pyridine rings is 1. The number of hydrogen-bond donors (Lipinski definition) is 0. The number of benzene rings is 1. The fraction of sp³-hybridized carbons (Fsp3) is 0.476. The summed E-state index contributed by atoms with van der Waals surface area (Å²) in [5, 5.41) is 0. The summed E-state index contributed by atoms with van der Waals surface area (Å²) >= 11 is 0. The maximum absolute atomic E-state index is 4.34. The van der Waals surface area contributed by atoms with E-state index in [0.29, 0.717) is 6.04 Å². The second-order valence-corrected chi connectivity index (χ2v) is 7.35. The van der Waals surface area contributed by atoms with Crippen LogP contribution in [0.15, 0.2) is 36.7 Å². The van der Waals surface area contributed by atoms with Crippen LogP contribution >= 0.6 is 0 Å². The molecule has 2 aliphatic rings. The Morgan fingerprint density at radius 2 is 1.92 bits per heavy atom. The van der Waals surface area contributed by atoms with Crippen LogP contribution in [-0.4, -0.2) is 48.0 Å². The van der Waals surface area contributed by atoms with Gasteiger partial charge in [0.2, 0.25) is 0 Å². The molecule has 3 nitrogen and oxygen atoms in total. The Balaban J connectivity index is 1.68. The zero-order chi connectivity index (χ0) is 16.5. The molecule has 0 spiro atoms. The smallest absolute Gasteiger partial charge is 0.0352 e. The summed E-state index contributed by atoms with van der Waals surface area (Å²) in [4.78, 5) is 9.48. The van der Waals surface area contributed by atoms with Crippen LogP contribution in [0, 0.1) is 6.92 Å². The van der Waals surface area contributed by atoms with Gasteiger partial charge in [0.1, 0.15) is 0 Å². The van der Waals surface area contributed by atoms with Gasteiger partial charge in [0.05, 0.1) is 0 Å². The van der Waals surface area contributed by atoms with Crippen molar-refractivity contribution in [2.45, 2.75) is 32.2 Å². The molecule has 1 unspecified atom stereocenters. The van der Waals surface area contributed by atoms with E-state index < -0.39 is 0 Å². The number of fused-ring (bicyclic) bond motifs is 1. The van der Waals surface area contributed by atoms with E-state index in [1.54, 1.807) is 11.1 Å². The normalized spacial score (nSPS) is 22.3. The first kappa shape index (κ1) is 15.8. The van der Waals surface area contributed by atoms with Crippen LogP contribution in [0.4, 0.5) is 0 Å². The van der Waals surface area contributed by atoms with E-state index in [-0.39, 0.29) is 0 Å². The molecule has 0 N–H and O–H groups in total. The number of likely N-dealkylation sites (N-methyl/N-ethyl adjacent to an activating group) is 1. The standard InChI is InChI=1S/C21H27N3/c1-16-8-9-22-15-20(16)18-7-6-17-4-3-5-21(19(17)14-18)24-12-10-23(2)11-13-24/h6-9,14-15,21H,3-5,10-13H2,1-2H3. The molecule has 0 bridgehead atoms. The highest BCUT2D eigenvalue weighted by Crippen LogP contribution is 2.37. The number of aryl methyl sites for hydroxylation is 2. The molecule has 1 aliphatic heterocycles. The molecule has 1 saturated heterocycles. The predicted molar refractivity (Wildman–Crippen MR) is 99.2 cm³/mol. The summed E-state index contributed by atoms with van der Waals surface area (Å²) < 4.78 is 0. The molecule has 2 aromatic rings. The van der Waals surface area contributed by atoms with Crippen molar-refractivity contribution in [2.75, 3.05) is 33.2 Å². The highest BCUT2D eigenvalue weighted by Gasteiger charge is 2.28. The van der Waals surface area contributed by atoms with Crippen molar-refractivity contribution in [3.8, 4) is 11.1 Å². The van der Waals surface area contributed by atoms with Gasteiger partial charge in [0, 0.05) is 50.2 Å². The summed E-state index contributed by atoms with van der Waals surface area (Å²) in [6.45, 7) is 6.93. The summed E-state index contributed by atoms with van der Waals surface area (Å²) in [7, 11) is 2.23. The molecule has 4 rings (SSSR count). The monoisotopic (exact) mass is 321 g/mol. The Bertz CT molecular complexity index is 717. The molecule has 0 amide bonds. The Morgan fingerprint density at radius 3 is 2.71 bits per heavy atom. The fourth-order valence-electron chi connectivity index (χ4n) is 4.22. The maximum Gasteiger partial charge on any atom is 0.0352 e. The van der Waals surface area contributed by atoms with Crippen molar-refractivity contribution in [2.24, 2.45) is 0 Å². The summed E-state index contributed by atoms with van der Waals surface area (Å²) in [6, 6.07) is 9.79. The van der Waals surface area contributed by atoms with E-state index in [0.717, 1.165) is 0 Å². The van der Waals surface area contributed by atoms with Gasteiger partial charge in [0.15, 0.2) is 0 Å². The molecule has 1 aromatic heterocycles. The Labute approximate surface area is 145 Å². The maximum atomic E-state index is 4.34. The van der Waals surface area contributed by atoms with E-state index in [1.165, 1.54) is 62.1 Å². The number of hydrogen-bond acceptors (Lipinski definition) is 3. The van der Waals surface area contributed by atoms with Crippen LogP contribution in [0.1, 0.15) is 35.6 Å². The highest BCUT2D eigenvalue weighted by atomic mass is 15.3. The number of aromatic nitrogens is 1. The van der Waals surface area contributed by atoms with Gasteiger partial charge in [-0.05, 0) is 67.6 Å². The predicted octanol–water partition coefficient (Wildman–Crippen LogP) is 3.68. The van der Waals surface area contributed by atoms with Gasteiger partial charge in [-0.3, -0.25) is 9.88 Å². The minimum atomic E-state index is 0.597. The zero-order valence-corrected chi connectivity index (χ0v) is 14.8. The largest absolute Gasteiger partial charge is 0.304 e. The van der Waals surface area contributed by atoms with E-state index >= 15 is 0 Å². The third-order valence-electron chi connectivity index (χ3n) is 5.76. The Kier molecular flexibility index (Phi) is 4.38. The summed E-state index contributed by atoms with van der Waals surface area (Å²) in [5.74, 6) is 0. The van der Waals surface area contributed by atoms with Crippen LogP contribution in [0.3, 0.4) is 0 Å². The average molecular weight is 321 g/mol. The average Bonchev–Trinajstić information content (AvgIpc) is 2.62. The van der Waals surface area contributed by atoms with Gasteiger partial charge >= 0.3 is 0 Å². The van der Waals surface area contributed by atoms with Crippen molar-refractivity contribution in [1.82, 2.24) is 14.8 Å². The van der Waals surface area contributed by atoms with E-state index in [2.05, 4.69) is 53.0 Å². The molecule has 3 heteroatoms. The quantitative estimate of drug-likeness (QED) is 0.841. The Hall–Kier alpha value is -1.71. The molecule has 0 radical (unpaired) electrons. The molecular weight excluding hydrogens is 294 g/mol. The lowest BCUT2D eigenvalue weighted by Crippen LogP contribution is -2.46. The minimum Gasteiger partial charge on any atom is -0.304 e. The molecule has 126 valence electrons. The highest BCUT2D eigenvalue weighted by molar-refractivity contribution is 5.67. The number of piperazine rings is 1. The van der Waals surface area contributed by atoms with Crippen LogP contribution in [-0.2, 0) is 6.42 Å². The first-order chi connectivity index (χ1) is 11.7. The van der Waals surface area contributed by atoms with Gasteiger partial charge in [-0.1, -0.05) is 12.1 Å². The summed E-state index contributed by atoms with van der Waals surface area (Å²) in [6.07, 6.45) is 7.72. The van der Waals surface area contributed by atoms with Crippen molar-refractivity contribution in [3.05, 3.63) is 53.3 Å². The van der Waals surface area contributed by atoms with E-state index in [4.69, 9.17) is 0 Å². The Morgan fingerprint density at radius 1 is 1.08 bits per heavy atom. The molecule has 1 fully saturated rings. The van der Waals surface area contributed by atoms with Gasteiger partial charge in [-0.2, -0.15) is 0 Å². The number of rotatable bonds is 2. The van der Waals surface area contributed by atoms with Gasteiger partial charge in [-0.15, -0.1) is 0 Å². The lowest BCUT2D eigenvalue weighted by molar-refractivity contribution is 0.102. The minimum absolute atomic E-state index is 0.597. The van der Waals surface area contributed by atoms with Crippen molar-refractivity contribution < 1.29 is 0 Å². The second kappa shape index (κ2) is 6.66. The SMILES string of the molecule is Cc1ccncc1-c1ccc2c(c1)C(N1CCN(C)CC1)CCC2. The zero-order valence-electron chi connectivity index (χ0n) is 14.8. The third kappa shape index (κ3) is 2.99. The fourth-order valence-corrected chi connectivity index (χ4v) is 4.22. The van der Waals surface area contributed by atoms with Gasteiger partial charge in [0.25, 0.3) is 0 Å². The molecule has 1 aromatic carbocycles. The third-order valence-corrected chi connectivity index (χ3v) is 5.76. The van der Waals surface area contributed by atoms with E-state index in [9.17, 15) is 0 Å². The van der Waals surface area contributed by atoms with Crippen molar-refractivity contribution in [3.63, 3.8) is 0 Å². The van der Waals surface area contributed by atoms with Crippen LogP contribution in [0.5, 0.6) is 0 Å². The lowest BCUT2D eigenvalue weighted by Gasteiger charge is -2.40. The topological polar surface area (TPSA) is 19.4 Å². The molecular formula is C21H27N3. The van der Waals surface area contributed by atoms with E-state index in [1.807, 2.05) is 12.4 Å². The molecule has 0 saturated carbocycles. The first-order valence-corrected chi connectivity index (χ1v) is 9.19. The second-order valence-electron chi connectivity index (χ2n) is 7.35. The lowest BCUT2D eigenvalue weighted by atomic mass is 9.84.